The van der Waals surface area contributed by atoms with Crippen LogP contribution in [-0.4, -0.2) is 15.5 Å². The quantitative estimate of drug-likeness (QED) is 0.665. The van der Waals surface area contributed by atoms with Crippen molar-refractivity contribution >= 4 is 11.6 Å². The predicted octanol–water partition coefficient (Wildman–Crippen LogP) is 5.08. The Bertz CT molecular complexity index is 1030. The smallest absolute Gasteiger partial charge is 0.322 e. The number of hydrogen-bond acceptors (Lipinski definition) is 2. The van der Waals surface area contributed by atoms with Crippen LogP contribution in [0.15, 0.2) is 54.6 Å². The molecule has 0 unspecified atom stereocenters. The fourth-order valence-electron chi connectivity index (χ4n) is 3.71. The summed E-state index contributed by atoms with van der Waals surface area (Å²) in [5.74, 6) is -1.16. The summed E-state index contributed by atoms with van der Waals surface area (Å²) in [6.07, 6.45) is -1.64. The van der Waals surface area contributed by atoms with Gasteiger partial charge in [-0.15, -0.1) is 0 Å². The van der Waals surface area contributed by atoms with E-state index in [2.05, 4.69) is 10.3 Å². The van der Waals surface area contributed by atoms with Gasteiger partial charge in [0.2, 0.25) is 5.82 Å². The zero-order chi connectivity index (χ0) is 20.4. The van der Waals surface area contributed by atoms with Crippen molar-refractivity contribution in [2.24, 2.45) is 0 Å². The van der Waals surface area contributed by atoms with E-state index in [0.717, 1.165) is 12.8 Å². The summed E-state index contributed by atoms with van der Waals surface area (Å²) >= 11 is 0. The van der Waals surface area contributed by atoms with Gasteiger partial charge in [0, 0.05) is 23.5 Å². The number of hydrogen-bond donors (Lipinski definition) is 1. The summed E-state index contributed by atoms with van der Waals surface area (Å²) in [5, 5.41) is 2.79. The molecule has 0 aliphatic heterocycles. The van der Waals surface area contributed by atoms with Gasteiger partial charge in [0.05, 0.1) is 5.69 Å². The maximum Gasteiger partial charge on any atom is 0.449 e. The maximum atomic E-state index is 13.5. The second kappa shape index (κ2) is 7.73. The summed E-state index contributed by atoms with van der Waals surface area (Å²) < 4.78 is 41.9. The van der Waals surface area contributed by atoms with E-state index in [-0.39, 0.29) is 12.5 Å². The van der Waals surface area contributed by atoms with Crippen molar-refractivity contribution in [2.75, 3.05) is 5.32 Å². The van der Waals surface area contributed by atoms with E-state index in [4.69, 9.17) is 0 Å². The van der Waals surface area contributed by atoms with Crippen LogP contribution in [0.25, 0.3) is 0 Å². The van der Waals surface area contributed by atoms with Gasteiger partial charge in [-0.05, 0) is 55.5 Å². The highest BCUT2D eigenvalue weighted by atomic mass is 19.4. The first-order chi connectivity index (χ1) is 13.9. The minimum atomic E-state index is -4.51. The molecule has 0 spiro atoms. The Morgan fingerprint density at radius 3 is 2.55 bits per heavy atom. The number of aromatic nitrogens is 2. The van der Waals surface area contributed by atoms with Gasteiger partial charge in [-0.2, -0.15) is 13.2 Å². The molecule has 1 heterocycles. The van der Waals surface area contributed by atoms with Gasteiger partial charge in [-0.25, -0.2) is 4.98 Å². The number of aryl methyl sites for hydroxylation is 1. The number of nitrogens with one attached hydrogen (secondary N) is 1. The maximum absolute atomic E-state index is 13.5. The fourth-order valence-corrected chi connectivity index (χ4v) is 3.71. The minimum Gasteiger partial charge on any atom is -0.322 e. The van der Waals surface area contributed by atoms with Gasteiger partial charge in [0.25, 0.3) is 5.91 Å². The van der Waals surface area contributed by atoms with Crippen LogP contribution >= 0.6 is 0 Å². The number of imidazole rings is 1. The molecule has 0 atom stereocenters. The van der Waals surface area contributed by atoms with Gasteiger partial charge in [0.15, 0.2) is 0 Å². The molecule has 1 N–H and O–H groups in total. The first kappa shape index (κ1) is 19.2. The number of alkyl halides is 3. The highest BCUT2D eigenvalue weighted by Gasteiger charge is 2.39. The Kier molecular flexibility index (Phi) is 5.13. The lowest BCUT2D eigenvalue weighted by Gasteiger charge is -2.16. The average Bonchev–Trinajstić information content (AvgIpc) is 3.08. The van der Waals surface area contributed by atoms with Gasteiger partial charge >= 0.3 is 6.18 Å². The molecule has 4 nitrogen and oxygen atoms in total. The molecule has 1 aromatic heterocycles. The van der Waals surface area contributed by atoms with E-state index < -0.39 is 12.0 Å². The molecule has 0 saturated carbocycles. The van der Waals surface area contributed by atoms with Crippen molar-refractivity contribution < 1.29 is 18.0 Å². The van der Waals surface area contributed by atoms with Crippen molar-refractivity contribution in [2.45, 2.75) is 38.4 Å². The van der Waals surface area contributed by atoms with Crippen molar-refractivity contribution in [1.29, 1.82) is 0 Å². The number of carbonyl (C=O) groups is 1. The highest BCUT2D eigenvalue weighted by molar-refractivity contribution is 6.04. The van der Waals surface area contributed by atoms with Crippen LogP contribution in [0.5, 0.6) is 0 Å². The molecule has 0 fully saturated rings. The second-order valence-electron chi connectivity index (χ2n) is 7.14. The average molecular weight is 399 g/mol. The van der Waals surface area contributed by atoms with Crippen molar-refractivity contribution in [3.05, 3.63) is 82.9 Å². The Morgan fingerprint density at radius 2 is 1.79 bits per heavy atom. The predicted molar refractivity (Wildman–Crippen MR) is 104 cm³/mol. The summed E-state index contributed by atoms with van der Waals surface area (Å²) in [6.45, 7) is 0.0314. The second-order valence-corrected chi connectivity index (χ2v) is 7.14. The molecular formula is C22H20F3N3O. The van der Waals surface area contributed by atoms with Crippen LogP contribution in [-0.2, 0) is 25.6 Å². The lowest BCUT2D eigenvalue weighted by molar-refractivity contribution is -0.147. The number of amides is 1. The van der Waals surface area contributed by atoms with Crippen LogP contribution in [0.4, 0.5) is 18.9 Å². The molecule has 1 aliphatic carbocycles. The van der Waals surface area contributed by atoms with Crippen LogP contribution in [0.1, 0.15) is 46.0 Å². The van der Waals surface area contributed by atoms with E-state index >= 15 is 0 Å². The van der Waals surface area contributed by atoms with E-state index in [1.165, 1.54) is 4.57 Å². The molecule has 0 saturated heterocycles. The Hall–Kier alpha value is -3.09. The third-order valence-electron chi connectivity index (χ3n) is 5.05. The third kappa shape index (κ3) is 4.18. The molecule has 1 amide bonds. The fraction of sp³-hybridized carbons (Fsp3) is 0.273. The summed E-state index contributed by atoms with van der Waals surface area (Å²) in [6, 6.07) is 15.7. The van der Waals surface area contributed by atoms with Crippen molar-refractivity contribution in [1.82, 2.24) is 9.55 Å². The van der Waals surface area contributed by atoms with Gasteiger partial charge in [-0.3, -0.25) is 4.79 Å². The highest BCUT2D eigenvalue weighted by Crippen LogP contribution is 2.33. The molecule has 29 heavy (non-hydrogen) atoms. The van der Waals surface area contributed by atoms with Crippen LogP contribution in [0, 0.1) is 0 Å². The number of fused-ring (bicyclic) bond motifs is 1. The number of para-hydroxylation sites is 1. The van der Waals surface area contributed by atoms with Crippen LogP contribution in [0.3, 0.4) is 0 Å². The lowest BCUT2D eigenvalue weighted by Crippen LogP contribution is -2.18. The van der Waals surface area contributed by atoms with Gasteiger partial charge in [0.1, 0.15) is 0 Å². The number of rotatable bonds is 4. The van der Waals surface area contributed by atoms with E-state index in [0.29, 0.717) is 41.0 Å². The number of anilines is 1. The van der Waals surface area contributed by atoms with Gasteiger partial charge in [-0.1, -0.05) is 30.3 Å². The zero-order valence-electron chi connectivity index (χ0n) is 15.7. The molecule has 0 bridgehead atoms. The monoisotopic (exact) mass is 399 g/mol. The number of carbonyl (C=O) groups excluding carboxylic acids is 1. The van der Waals surface area contributed by atoms with E-state index in [1.807, 2.05) is 18.2 Å². The lowest BCUT2D eigenvalue weighted by atomic mass is 10.0. The summed E-state index contributed by atoms with van der Waals surface area (Å²) in [5.41, 5.74) is 2.88. The Balaban J connectivity index is 1.62. The topological polar surface area (TPSA) is 46.9 Å². The summed E-state index contributed by atoms with van der Waals surface area (Å²) in [7, 11) is 0. The zero-order valence-corrected chi connectivity index (χ0v) is 15.7. The Morgan fingerprint density at radius 1 is 1.03 bits per heavy atom. The molecule has 150 valence electrons. The van der Waals surface area contributed by atoms with E-state index in [9.17, 15) is 18.0 Å². The van der Waals surface area contributed by atoms with Crippen molar-refractivity contribution in [3.63, 3.8) is 0 Å². The molecule has 4 rings (SSSR count). The molecule has 3 aromatic rings. The molecule has 7 heteroatoms. The first-order valence-electron chi connectivity index (χ1n) is 9.52. The minimum absolute atomic E-state index is 0.0314. The first-order valence-corrected chi connectivity index (χ1v) is 9.52. The standard InChI is InChI=1S/C22H20F3N3O/c23-22(24,25)21-27-18-11-4-5-12-19(18)28(21)14-15-7-6-8-16(13-15)20(29)26-17-9-2-1-3-10-17/h1-3,6-10,13H,4-5,11-12,14H2,(H,26,29). The van der Waals surface area contributed by atoms with E-state index in [1.54, 1.807) is 36.4 Å². The molecule has 2 aromatic carbocycles. The number of nitrogens with zero attached hydrogens (tertiary/aromatic N) is 2. The molecular weight excluding hydrogens is 379 g/mol. The largest absolute Gasteiger partial charge is 0.449 e. The molecule has 0 radical (unpaired) electrons. The van der Waals surface area contributed by atoms with Crippen LogP contribution in [0.2, 0.25) is 0 Å². The summed E-state index contributed by atoms with van der Waals surface area (Å²) in [4.78, 5) is 16.4. The normalized spacial score (nSPS) is 13.8. The Labute approximate surface area is 166 Å². The van der Waals surface area contributed by atoms with Crippen LogP contribution < -0.4 is 5.32 Å². The molecule has 1 aliphatic rings. The third-order valence-corrected chi connectivity index (χ3v) is 5.05. The van der Waals surface area contributed by atoms with Gasteiger partial charge < -0.3 is 9.88 Å². The number of benzene rings is 2. The number of halogens is 3. The van der Waals surface area contributed by atoms with Crippen molar-refractivity contribution in [3.8, 4) is 0 Å². The SMILES string of the molecule is O=C(Nc1ccccc1)c1cccc(Cn2c(C(F)(F)F)nc3c2CCCC3)c1.